The highest BCUT2D eigenvalue weighted by Gasteiger charge is 2.47. The summed E-state index contributed by atoms with van der Waals surface area (Å²) in [5.41, 5.74) is 3.74. The molecule has 2 aliphatic heterocycles. The van der Waals surface area contributed by atoms with Gasteiger partial charge in [-0.1, -0.05) is 48.0 Å². The molecule has 3 aromatic rings. The number of nitrogens with zero attached hydrogens (tertiary/aromatic N) is 3. The smallest absolute Gasteiger partial charge is 0.264 e. The molecule has 2 aliphatic rings. The summed E-state index contributed by atoms with van der Waals surface area (Å²) in [4.78, 5) is 12.8. The van der Waals surface area contributed by atoms with E-state index in [-0.39, 0.29) is 23.3 Å². The molecule has 0 bridgehead atoms. The Balaban J connectivity index is 1.69. The van der Waals surface area contributed by atoms with Crippen LogP contribution >= 0.6 is 0 Å². The standard InChI is InChI=1S/C26H25N3O4S/c1-17-9-12-21(13-10-17)34(31,32)28-16-23-25(22-15-20(33-3)11-14-24(22)28)27-29(18(2)30)26(23)19-7-5-4-6-8-19/h4-15,23,26H,16H2,1-3H3. The highest BCUT2D eigenvalue weighted by Crippen LogP contribution is 2.45. The van der Waals surface area contributed by atoms with Crippen molar-refractivity contribution in [2.45, 2.75) is 24.8 Å². The lowest BCUT2D eigenvalue weighted by Gasteiger charge is -2.36. The van der Waals surface area contributed by atoms with Crippen LogP contribution in [-0.4, -0.2) is 38.7 Å². The van der Waals surface area contributed by atoms with Gasteiger partial charge in [0.05, 0.1) is 29.4 Å². The van der Waals surface area contributed by atoms with Crippen LogP contribution in [0.15, 0.2) is 82.8 Å². The van der Waals surface area contributed by atoms with E-state index in [0.29, 0.717) is 22.7 Å². The molecule has 3 aromatic carbocycles. The average molecular weight is 476 g/mol. The molecule has 2 heterocycles. The maximum atomic E-state index is 13.8. The Labute approximate surface area is 199 Å². The van der Waals surface area contributed by atoms with Gasteiger partial charge in [0, 0.05) is 24.9 Å². The summed E-state index contributed by atoms with van der Waals surface area (Å²) >= 11 is 0. The Morgan fingerprint density at radius 1 is 1.03 bits per heavy atom. The molecule has 0 aromatic heterocycles. The number of hydrogen-bond acceptors (Lipinski definition) is 5. The molecule has 0 fully saturated rings. The Hall–Kier alpha value is -3.65. The minimum Gasteiger partial charge on any atom is -0.497 e. The van der Waals surface area contributed by atoms with E-state index in [0.717, 1.165) is 11.1 Å². The quantitative estimate of drug-likeness (QED) is 0.568. The number of methoxy groups -OCH3 is 1. The molecule has 0 saturated heterocycles. The number of aryl methyl sites for hydroxylation is 1. The lowest BCUT2D eigenvalue weighted by atomic mass is 9.84. The number of carbonyl (C=O) groups is 1. The summed E-state index contributed by atoms with van der Waals surface area (Å²) < 4.78 is 34.5. The number of sulfonamides is 1. The van der Waals surface area contributed by atoms with Gasteiger partial charge in [-0.25, -0.2) is 13.4 Å². The first-order chi connectivity index (χ1) is 16.3. The van der Waals surface area contributed by atoms with E-state index in [2.05, 4.69) is 0 Å². The van der Waals surface area contributed by atoms with Crippen LogP contribution in [0.1, 0.15) is 29.7 Å². The van der Waals surface area contributed by atoms with Crippen molar-refractivity contribution in [2.24, 2.45) is 11.0 Å². The van der Waals surface area contributed by atoms with Crippen molar-refractivity contribution in [1.29, 1.82) is 0 Å². The van der Waals surface area contributed by atoms with Crippen molar-refractivity contribution in [1.82, 2.24) is 5.01 Å². The van der Waals surface area contributed by atoms with Crippen molar-refractivity contribution in [3.8, 4) is 5.75 Å². The predicted molar refractivity (Wildman–Crippen MR) is 130 cm³/mol. The molecule has 0 radical (unpaired) electrons. The number of carbonyl (C=O) groups excluding carboxylic acids is 1. The number of ether oxygens (including phenoxy) is 1. The molecule has 0 aliphatic carbocycles. The van der Waals surface area contributed by atoms with Gasteiger partial charge in [0.15, 0.2) is 0 Å². The summed E-state index contributed by atoms with van der Waals surface area (Å²) in [7, 11) is -2.30. The number of rotatable bonds is 4. The first kappa shape index (κ1) is 22.2. The second-order valence-electron chi connectivity index (χ2n) is 8.54. The van der Waals surface area contributed by atoms with Gasteiger partial charge in [0.2, 0.25) is 5.91 Å². The van der Waals surface area contributed by atoms with Gasteiger partial charge in [0.1, 0.15) is 5.75 Å². The van der Waals surface area contributed by atoms with Crippen LogP contribution in [-0.2, 0) is 14.8 Å². The zero-order valence-corrected chi connectivity index (χ0v) is 20.0. The minimum absolute atomic E-state index is 0.164. The molecule has 0 saturated carbocycles. The van der Waals surface area contributed by atoms with Crippen molar-refractivity contribution >= 4 is 27.3 Å². The van der Waals surface area contributed by atoms with Gasteiger partial charge in [-0.2, -0.15) is 5.10 Å². The fourth-order valence-electron chi connectivity index (χ4n) is 4.71. The maximum Gasteiger partial charge on any atom is 0.264 e. The normalized spacial score (nSPS) is 19.3. The second-order valence-corrected chi connectivity index (χ2v) is 10.4. The molecule has 34 heavy (non-hydrogen) atoms. The summed E-state index contributed by atoms with van der Waals surface area (Å²) in [6.45, 7) is 3.56. The zero-order chi connectivity index (χ0) is 24.0. The van der Waals surface area contributed by atoms with Crippen LogP contribution in [0.5, 0.6) is 5.75 Å². The second kappa shape index (κ2) is 8.29. The largest absolute Gasteiger partial charge is 0.497 e. The van der Waals surface area contributed by atoms with Crippen LogP contribution in [0.4, 0.5) is 5.69 Å². The predicted octanol–water partition coefficient (Wildman–Crippen LogP) is 4.14. The number of amides is 1. The van der Waals surface area contributed by atoms with Crippen LogP contribution in [0.2, 0.25) is 0 Å². The molecule has 1 amide bonds. The van der Waals surface area contributed by atoms with Gasteiger partial charge in [-0.3, -0.25) is 9.10 Å². The number of fused-ring (bicyclic) bond motifs is 3. The molecule has 2 unspecified atom stereocenters. The lowest BCUT2D eigenvalue weighted by Crippen LogP contribution is -2.44. The number of anilines is 1. The van der Waals surface area contributed by atoms with E-state index in [9.17, 15) is 13.2 Å². The number of hydrazone groups is 1. The summed E-state index contributed by atoms with van der Waals surface area (Å²) in [6, 6.07) is 21.3. The molecule has 0 spiro atoms. The highest BCUT2D eigenvalue weighted by molar-refractivity contribution is 7.92. The number of hydrogen-bond donors (Lipinski definition) is 0. The Bertz CT molecular complexity index is 1390. The molecule has 7 nitrogen and oxygen atoms in total. The van der Waals surface area contributed by atoms with Crippen molar-refractivity contribution in [3.63, 3.8) is 0 Å². The van der Waals surface area contributed by atoms with E-state index >= 15 is 0 Å². The summed E-state index contributed by atoms with van der Waals surface area (Å²) in [6.07, 6.45) is 0. The summed E-state index contributed by atoms with van der Waals surface area (Å²) in [5.74, 6) is 0.0478. The first-order valence-corrected chi connectivity index (χ1v) is 12.5. The Kier molecular flexibility index (Phi) is 5.40. The SMILES string of the molecule is COc1ccc2c(c1)C1=NN(C(C)=O)C(c3ccccc3)C1CN2S(=O)(=O)c1ccc(C)cc1. The van der Waals surface area contributed by atoms with Gasteiger partial charge in [-0.15, -0.1) is 0 Å². The highest BCUT2D eigenvalue weighted by atomic mass is 32.2. The molecule has 5 rings (SSSR count). The van der Waals surface area contributed by atoms with E-state index in [1.165, 1.54) is 16.2 Å². The average Bonchev–Trinajstić information content (AvgIpc) is 3.24. The Morgan fingerprint density at radius 3 is 2.38 bits per heavy atom. The van der Waals surface area contributed by atoms with E-state index in [1.54, 1.807) is 49.6 Å². The molecular formula is C26H25N3O4S. The third kappa shape index (κ3) is 3.54. The fourth-order valence-corrected chi connectivity index (χ4v) is 6.22. The zero-order valence-electron chi connectivity index (χ0n) is 19.2. The van der Waals surface area contributed by atoms with Crippen molar-refractivity contribution < 1.29 is 17.9 Å². The molecular weight excluding hydrogens is 450 g/mol. The third-order valence-corrected chi connectivity index (χ3v) is 8.19. The maximum absolute atomic E-state index is 13.8. The van der Waals surface area contributed by atoms with Gasteiger partial charge >= 0.3 is 0 Å². The topological polar surface area (TPSA) is 79.3 Å². The van der Waals surface area contributed by atoms with Crippen LogP contribution in [0.25, 0.3) is 0 Å². The first-order valence-electron chi connectivity index (χ1n) is 11.0. The third-order valence-electron chi connectivity index (χ3n) is 6.39. The van der Waals surface area contributed by atoms with Crippen molar-refractivity contribution in [2.75, 3.05) is 18.0 Å². The van der Waals surface area contributed by atoms with Crippen molar-refractivity contribution in [3.05, 3.63) is 89.5 Å². The Morgan fingerprint density at radius 2 is 1.74 bits per heavy atom. The van der Waals surface area contributed by atoms with Gasteiger partial charge in [0.25, 0.3) is 10.0 Å². The van der Waals surface area contributed by atoms with E-state index < -0.39 is 16.1 Å². The minimum atomic E-state index is -3.86. The molecule has 8 heteroatoms. The monoisotopic (exact) mass is 475 g/mol. The summed E-state index contributed by atoms with van der Waals surface area (Å²) in [5, 5.41) is 6.18. The lowest BCUT2D eigenvalue weighted by molar-refractivity contribution is -0.131. The number of benzene rings is 3. The molecule has 0 N–H and O–H groups in total. The van der Waals surface area contributed by atoms with E-state index in [4.69, 9.17) is 9.84 Å². The van der Waals surface area contributed by atoms with Gasteiger partial charge in [-0.05, 0) is 42.8 Å². The van der Waals surface area contributed by atoms with Crippen LogP contribution < -0.4 is 9.04 Å². The fraction of sp³-hybridized carbons (Fsp3) is 0.231. The molecule has 174 valence electrons. The molecule has 2 atom stereocenters. The van der Waals surface area contributed by atoms with Crippen LogP contribution in [0, 0.1) is 12.8 Å². The van der Waals surface area contributed by atoms with E-state index in [1.807, 2.05) is 37.3 Å². The van der Waals surface area contributed by atoms with Gasteiger partial charge < -0.3 is 4.74 Å². The van der Waals surface area contributed by atoms with Crippen LogP contribution in [0.3, 0.4) is 0 Å².